The molecule has 0 saturated carbocycles. The van der Waals surface area contributed by atoms with E-state index in [4.69, 9.17) is 0 Å². The van der Waals surface area contributed by atoms with Crippen LogP contribution in [-0.2, 0) is 9.53 Å². The van der Waals surface area contributed by atoms with Crippen LogP contribution < -0.4 is 0 Å². The Morgan fingerprint density at radius 2 is 2.00 bits per heavy atom. The number of esters is 1. The highest BCUT2D eigenvalue weighted by atomic mass is 16.5. The van der Waals surface area contributed by atoms with Crippen molar-refractivity contribution in [1.29, 1.82) is 0 Å². The third kappa shape index (κ3) is 2.23. The molecule has 2 aromatic rings. The third-order valence-electron chi connectivity index (χ3n) is 2.11. The maximum absolute atomic E-state index is 10.9. The number of carbonyl (C=O) groups is 1. The first-order chi connectivity index (χ1) is 7.79. The van der Waals surface area contributed by atoms with Gasteiger partial charge in [0.15, 0.2) is 0 Å². The van der Waals surface area contributed by atoms with Crippen LogP contribution >= 0.6 is 0 Å². The minimum absolute atomic E-state index is 0.376. The van der Waals surface area contributed by atoms with Crippen molar-refractivity contribution in [3.05, 3.63) is 42.2 Å². The fourth-order valence-electron chi connectivity index (χ4n) is 1.32. The predicted octanol–water partition coefficient (Wildman–Crippen LogP) is 1.82. The Balaban J connectivity index is 2.33. The van der Waals surface area contributed by atoms with Gasteiger partial charge in [-0.1, -0.05) is 6.07 Å². The van der Waals surface area contributed by atoms with Crippen LogP contribution in [0.2, 0.25) is 0 Å². The van der Waals surface area contributed by atoms with E-state index in [9.17, 15) is 4.79 Å². The number of rotatable bonds is 2. The molecular formula is C12H10N2O2. The summed E-state index contributed by atoms with van der Waals surface area (Å²) in [5.74, 6) is -0.376. The summed E-state index contributed by atoms with van der Waals surface area (Å²) in [7, 11) is 1.35. The van der Waals surface area contributed by atoms with Gasteiger partial charge in [0.1, 0.15) is 0 Å². The summed E-state index contributed by atoms with van der Waals surface area (Å²) in [5, 5.41) is 0. The Bertz CT molecular complexity index is 549. The Morgan fingerprint density at radius 3 is 2.75 bits per heavy atom. The van der Waals surface area contributed by atoms with Crippen molar-refractivity contribution in [2.24, 2.45) is 0 Å². The van der Waals surface area contributed by atoms with E-state index in [0.717, 1.165) is 16.6 Å². The molecule has 80 valence electrons. The SMILES string of the molecule is COC(=O)C=Cc1ccc2nccnc2c1. The molecule has 2 rings (SSSR count). The smallest absolute Gasteiger partial charge is 0.330 e. The molecule has 0 bridgehead atoms. The normalized spacial score (nSPS) is 10.8. The highest BCUT2D eigenvalue weighted by molar-refractivity contribution is 5.88. The topological polar surface area (TPSA) is 52.1 Å². The number of benzene rings is 1. The first-order valence-corrected chi connectivity index (χ1v) is 4.76. The van der Waals surface area contributed by atoms with Crippen LogP contribution in [-0.4, -0.2) is 23.0 Å². The Labute approximate surface area is 92.6 Å². The summed E-state index contributed by atoms with van der Waals surface area (Å²) < 4.78 is 4.51. The Kier molecular flexibility index (Phi) is 2.91. The second kappa shape index (κ2) is 4.53. The van der Waals surface area contributed by atoms with Crippen LogP contribution in [0.1, 0.15) is 5.56 Å². The predicted molar refractivity (Wildman–Crippen MR) is 60.6 cm³/mol. The molecule has 0 atom stereocenters. The summed E-state index contributed by atoms with van der Waals surface area (Å²) in [6, 6.07) is 5.59. The molecule has 0 amide bonds. The molecule has 1 heterocycles. The first kappa shape index (κ1) is 10.3. The standard InChI is InChI=1S/C12H10N2O2/c1-16-12(15)5-3-9-2-4-10-11(8-9)14-7-6-13-10/h2-8H,1H3. The van der Waals surface area contributed by atoms with Crippen LogP contribution in [0.5, 0.6) is 0 Å². The molecule has 0 aliphatic rings. The molecule has 1 aromatic carbocycles. The average Bonchev–Trinajstić information content (AvgIpc) is 2.35. The van der Waals surface area contributed by atoms with Crippen molar-refractivity contribution in [1.82, 2.24) is 9.97 Å². The van der Waals surface area contributed by atoms with Crippen molar-refractivity contribution in [3.63, 3.8) is 0 Å². The highest BCUT2D eigenvalue weighted by Crippen LogP contribution is 2.11. The summed E-state index contributed by atoms with van der Waals surface area (Å²) in [6.45, 7) is 0. The summed E-state index contributed by atoms with van der Waals surface area (Å²) >= 11 is 0. The van der Waals surface area contributed by atoms with Crippen LogP contribution in [0.4, 0.5) is 0 Å². The van der Waals surface area contributed by atoms with Gasteiger partial charge < -0.3 is 4.74 Å². The van der Waals surface area contributed by atoms with Gasteiger partial charge >= 0.3 is 5.97 Å². The van der Waals surface area contributed by atoms with E-state index in [-0.39, 0.29) is 5.97 Å². The lowest BCUT2D eigenvalue weighted by Gasteiger charge is -1.97. The second-order valence-corrected chi connectivity index (χ2v) is 3.16. The summed E-state index contributed by atoms with van der Waals surface area (Å²) in [5.41, 5.74) is 2.52. The quantitative estimate of drug-likeness (QED) is 0.565. The Morgan fingerprint density at radius 1 is 1.25 bits per heavy atom. The van der Waals surface area contributed by atoms with Gasteiger partial charge in [-0.3, -0.25) is 9.97 Å². The summed E-state index contributed by atoms with van der Waals surface area (Å²) in [4.78, 5) is 19.2. The van der Waals surface area contributed by atoms with E-state index < -0.39 is 0 Å². The molecule has 4 heteroatoms. The second-order valence-electron chi connectivity index (χ2n) is 3.16. The fourth-order valence-corrected chi connectivity index (χ4v) is 1.32. The first-order valence-electron chi connectivity index (χ1n) is 4.76. The van der Waals surface area contributed by atoms with Crippen LogP contribution in [0.3, 0.4) is 0 Å². The molecule has 0 fully saturated rings. The van der Waals surface area contributed by atoms with E-state index >= 15 is 0 Å². The molecule has 0 saturated heterocycles. The molecule has 4 nitrogen and oxygen atoms in total. The van der Waals surface area contributed by atoms with Crippen molar-refractivity contribution < 1.29 is 9.53 Å². The molecule has 0 spiro atoms. The van der Waals surface area contributed by atoms with E-state index in [1.165, 1.54) is 13.2 Å². The largest absolute Gasteiger partial charge is 0.466 e. The van der Waals surface area contributed by atoms with Gasteiger partial charge in [-0.2, -0.15) is 0 Å². The number of hydrogen-bond acceptors (Lipinski definition) is 4. The van der Waals surface area contributed by atoms with Gasteiger partial charge in [-0.05, 0) is 23.8 Å². The van der Waals surface area contributed by atoms with Crippen molar-refractivity contribution in [2.45, 2.75) is 0 Å². The van der Waals surface area contributed by atoms with Crippen molar-refractivity contribution in [2.75, 3.05) is 7.11 Å². The molecule has 1 aromatic heterocycles. The zero-order valence-corrected chi connectivity index (χ0v) is 8.75. The molecule has 16 heavy (non-hydrogen) atoms. The number of methoxy groups -OCH3 is 1. The van der Waals surface area contributed by atoms with Gasteiger partial charge in [0, 0.05) is 18.5 Å². The zero-order chi connectivity index (χ0) is 11.4. The number of hydrogen-bond donors (Lipinski definition) is 0. The van der Waals surface area contributed by atoms with Gasteiger partial charge in [0.05, 0.1) is 18.1 Å². The monoisotopic (exact) mass is 214 g/mol. The molecule has 0 N–H and O–H groups in total. The average molecular weight is 214 g/mol. The number of fused-ring (bicyclic) bond motifs is 1. The van der Waals surface area contributed by atoms with Crippen LogP contribution in [0.25, 0.3) is 17.1 Å². The molecule has 0 aliphatic heterocycles. The Hall–Kier alpha value is -2.23. The van der Waals surface area contributed by atoms with Crippen LogP contribution in [0, 0.1) is 0 Å². The number of ether oxygens (including phenoxy) is 1. The van der Waals surface area contributed by atoms with Crippen molar-refractivity contribution in [3.8, 4) is 0 Å². The number of aromatic nitrogens is 2. The maximum Gasteiger partial charge on any atom is 0.330 e. The zero-order valence-electron chi connectivity index (χ0n) is 8.75. The third-order valence-corrected chi connectivity index (χ3v) is 2.11. The lowest BCUT2D eigenvalue weighted by molar-refractivity contribution is -0.134. The molecule has 0 unspecified atom stereocenters. The number of carbonyl (C=O) groups excluding carboxylic acids is 1. The van der Waals surface area contributed by atoms with Gasteiger partial charge in [-0.25, -0.2) is 4.79 Å². The lowest BCUT2D eigenvalue weighted by atomic mass is 10.2. The minimum atomic E-state index is -0.376. The summed E-state index contributed by atoms with van der Waals surface area (Å²) in [6.07, 6.45) is 6.33. The lowest BCUT2D eigenvalue weighted by Crippen LogP contribution is -1.93. The highest BCUT2D eigenvalue weighted by Gasteiger charge is 1.96. The van der Waals surface area contributed by atoms with Crippen molar-refractivity contribution >= 4 is 23.1 Å². The fraction of sp³-hybridized carbons (Fsp3) is 0.0833. The maximum atomic E-state index is 10.9. The van der Waals surface area contributed by atoms with E-state index in [0.29, 0.717) is 0 Å². The van der Waals surface area contributed by atoms with Crippen LogP contribution in [0.15, 0.2) is 36.7 Å². The minimum Gasteiger partial charge on any atom is -0.466 e. The number of nitrogens with zero attached hydrogens (tertiary/aromatic N) is 2. The van der Waals surface area contributed by atoms with Gasteiger partial charge in [0.25, 0.3) is 0 Å². The molecule has 0 radical (unpaired) electrons. The molecular weight excluding hydrogens is 204 g/mol. The van der Waals surface area contributed by atoms with Gasteiger partial charge in [-0.15, -0.1) is 0 Å². The van der Waals surface area contributed by atoms with E-state index in [1.54, 1.807) is 18.5 Å². The van der Waals surface area contributed by atoms with E-state index in [2.05, 4.69) is 14.7 Å². The van der Waals surface area contributed by atoms with E-state index in [1.807, 2.05) is 18.2 Å². The molecule has 0 aliphatic carbocycles. The van der Waals surface area contributed by atoms with Gasteiger partial charge in [0.2, 0.25) is 0 Å².